The second-order valence-electron chi connectivity index (χ2n) is 4.41. The van der Waals surface area contributed by atoms with Crippen LogP contribution in [0.2, 0.25) is 0 Å². The number of carboxylic acids is 1. The molecule has 0 spiro atoms. The Balaban J connectivity index is 2.63. The van der Waals surface area contributed by atoms with Gasteiger partial charge in [0.05, 0.1) is 12.1 Å². The normalized spacial score (nSPS) is 10.2. The van der Waals surface area contributed by atoms with Crippen LogP contribution in [0.3, 0.4) is 0 Å². The SMILES string of the molecule is Cc1cc(C(=O)O)ccc1NCC(=O)NC(C)C. The summed E-state index contributed by atoms with van der Waals surface area (Å²) in [6.45, 7) is 5.76. The molecule has 0 aliphatic carbocycles. The maximum Gasteiger partial charge on any atom is 0.335 e. The van der Waals surface area contributed by atoms with E-state index in [1.54, 1.807) is 19.1 Å². The van der Waals surface area contributed by atoms with Crippen molar-refractivity contribution >= 4 is 17.6 Å². The van der Waals surface area contributed by atoms with E-state index in [9.17, 15) is 9.59 Å². The van der Waals surface area contributed by atoms with E-state index in [4.69, 9.17) is 5.11 Å². The fraction of sp³-hybridized carbons (Fsp3) is 0.385. The van der Waals surface area contributed by atoms with Crippen LogP contribution in [0.1, 0.15) is 29.8 Å². The van der Waals surface area contributed by atoms with Crippen LogP contribution in [0.25, 0.3) is 0 Å². The summed E-state index contributed by atoms with van der Waals surface area (Å²) in [5.41, 5.74) is 1.80. The zero-order chi connectivity index (χ0) is 13.7. The van der Waals surface area contributed by atoms with Crippen LogP contribution in [0.15, 0.2) is 18.2 Å². The highest BCUT2D eigenvalue weighted by Crippen LogP contribution is 2.16. The van der Waals surface area contributed by atoms with Gasteiger partial charge in [-0.3, -0.25) is 4.79 Å². The van der Waals surface area contributed by atoms with Crippen LogP contribution in [-0.4, -0.2) is 29.6 Å². The molecule has 1 aromatic rings. The van der Waals surface area contributed by atoms with Gasteiger partial charge in [0, 0.05) is 11.7 Å². The summed E-state index contributed by atoms with van der Waals surface area (Å²) in [7, 11) is 0. The van der Waals surface area contributed by atoms with Crippen LogP contribution in [0, 0.1) is 6.92 Å². The van der Waals surface area contributed by atoms with Gasteiger partial charge in [-0.25, -0.2) is 4.79 Å². The minimum atomic E-state index is -0.956. The predicted octanol–water partition coefficient (Wildman–Crippen LogP) is 1.63. The van der Waals surface area contributed by atoms with Gasteiger partial charge in [0.2, 0.25) is 5.91 Å². The molecular weight excluding hydrogens is 232 g/mol. The molecule has 98 valence electrons. The molecule has 1 rings (SSSR count). The fourth-order valence-electron chi connectivity index (χ4n) is 1.54. The van der Waals surface area contributed by atoms with Crippen molar-refractivity contribution < 1.29 is 14.7 Å². The Morgan fingerprint density at radius 3 is 2.50 bits per heavy atom. The van der Waals surface area contributed by atoms with E-state index >= 15 is 0 Å². The van der Waals surface area contributed by atoms with Crippen LogP contribution in [0.4, 0.5) is 5.69 Å². The third kappa shape index (κ3) is 4.08. The van der Waals surface area contributed by atoms with E-state index in [2.05, 4.69) is 10.6 Å². The highest BCUT2D eigenvalue weighted by Gasteiger charge is 2.07. The standard InChI is InChI=1S/C13H18N2O3/c1-8(2)15-12(16)7-14-11-5-4-10(13(17)18)6-9(11)3/h4-6,8,14H,7H2,1-3H3,(H,15,16)(H,17,18). The third-order valence-corrected chi connectivity index (χ3v) is 2.36. The van der Waals surface area contributed by atoms with Gasteiger partial charge in [-0.2, -0.15) is 0 Å². The van der Waals surface area contributed by atoms with Crippen LogP contribution >= 0.6 is 0 Å². The lowest BCUT2D eigenvalue weighted by Crippen LogP contribution is -2.34. The minimum absolute atomic E-state index is 0.0910. The molecule has 0 fully saturated rings. The second-order valence-corrected chi connectivity index (χ2v) is 4.41. The van der Waals surface area contributed by atoms with Gasteiger partial charge in [-0.15, -0.1) is 0 Å². The van der Waals surface area contributed by atoms with Gasteiger partial charge >= 0.3 is 5.97 Å². The Kier molecular flexibility index (Phi) is 4.71. The molecule has 0 radical (unpaired) electrons. The minimum Gasteiger partial charge on any atom is -0.478 e. The maximum absolute atomic E-state index is 11.4. The lowest BCUT2D eigenvalue weighted by atomic mass is 10.1. The summed E-state index contributed by atoms with van der Waals surface area (Å²) >= 11 is 0. The number of hydrogen-bond acceptors (Lipinski definition) is 3. The van der Waals surface area contributed by atoms with Crippen molar-refractivity contribution in [1.29, 1.82) is 0 Å². The first-order chi connectivity index (χ1) is 8.40. The van der Waals surface area contributed by atoms with Crippen molar-refractivity contribution in [3.63, 3.8) is 0 Å². The fourth-order valence-corrected chi connectivity index (χ4v) is 1.54. The lowest BCUT2D eigenvalue weighted by Gasteiger charge is -2.12. The van der Waals surface area contributed by atoms with E-state index in [-0.39, 0.29) is 24.1 Å². The average Bonchev–Trinajstić information content (AvgIpc) is 2.26. The van der Waals surface area contributed by atoms with Crippen molar-refractivity contribution in [2.45, 2.75) is 26.8 Å². The predicted molar refractivity (Wildman–Crippen MR) is 69.9 cm³/mol. The Labute approximate surface area is 106 Å². The summed E-state index contributed by atoms with van der Waals surface area (Å²) in [5, 5.41) is 14.6. The smallest absolute Gasteiger partial charge is 0.335 e. The number of nitrogens with one attached hydrogen (secondary N) is 2. The molecular formula is C13H18N2O3. The number of benzene rings is 1. The van der Waals surface area contributed by atoms with Crippen molar-refractivity contribution in [3.8, 4) is 0 Å². The average molecular weight is 250 g/mol. The molecule has 1 aromatic carbocycles. The summed E-state index contributed by atoms with van der Waals surface area (Å²) in [6.07, 6.45) is 0. The maximum atomic E-state index is 11.4. The van der Waals surface area contributed by atoms with E-state index in [0.29, 0.717) is 0 Å². The number of aryl methyl sites for hydroxylation is 1. The van der Waals surface area contributed by atoms with Crippen molar-refractivity contribution in [2.24, 2.45) is 0 Å². The molecule has 5 nitrogen and oxygen atoms in total. The lowest BCUT2D eigenvalue weighted by molar-refractivity contribution is -0.119. The van der Waals surface area contributed by atoms with Crippen LogP contribution in [-0.2, 0) is 4.79 Å². The second kappa shape index (κ2) is 6.05. The Morgan fingerprint density at radius 2 is 2.00 bits per heavy atom. The van der Waals surface area contributed by atoms with Gasteiger partial charge in [0.25, 0.3) is 0 Å². The first-order valence-corrected chi connectivity index (χ1v) is 5.77. The summed E-state index contributed by atoms with van der Waals surface area (Å²) in [5.74, 6) is -1.05. The monoisotopic (exact) mass is 250 g/mol. The molecule has 1 amide bonds. The number of hydrogen-bond donors (Lipinski definition) is 3. The molecule has 5 heteroatoms. The number of carbonyl (C=O) groups excluding carboxylic acids is 1. The molecule has 0 aliphatic heterocycles. The molecule has 0 aromatic heterocycles. The Morgan fingerprint density at radius 1 is 1.33 bits per heavy atom. The van der Waals surface area contributed by atoms with E-state index in [0.717, 1.165) is 11.3 Å². The molecule has 0 saturated heterocycles. The first-order valence-electron chi connectivity index (χ1n) is 5.77. The van der Waals surface area contributed by atoms with E-state index in [1.807, 2.05) is 13.8 Å². The van der Waals surface area contributed by atoms with Gasteiger partial charge in [0.1, 0.15) is 0 Å². The van der Waals surface area contributed by atoms with Crippen molar-refractivity contribution in [3.05, 3.63) is 29.3 Å². The molecule has 0 atom stereocenters. The van der Waals surface area contributed by atoms with Crippen LogP contribution < -0.4 is 10.6 Å². The number of carbonyl (C=O) groups is 2. The Hall–Kier alpha value is -2.04. The third-order valence-electron chi connectivity index (χ3n) is 2.36. The molecule has 0 heterocycles. The largest absolute Gasteiger partial charge is 0.478 e. The number of rotatable bonds is 5. The van der Waals surface area contributed by atoms with Gasteiger partial charge in [-0.1, -0.05) is 0 Å². The van der Waals surface area contributed by atoms with E-state index in [1.165, 1.54) is 6.07 Å². The van der Waals surface area contributed by atoms with Gasteiger partial charge < -0.3 is 15.7 Å². The summed E-state index contributed by atoms with van der Waals surface area (Å²) < 4.78 is 0. The number of anilines is 1. The van der Waals surface area contributed by atoms with Crippen molar-refractivity contribution in [2.75, 3.05) is 11.9 Å². The topological polar surface area (TPSA) is 78.4 Å². The Bertz CT molecular complexity index is 456. The number of aromatic carboxylic acids is 1. The molecule has 18 heavy (non-hydrogen) atoms. The summed E-state index contributed by atoms with van der Waals surface area (Å²) in [6, 6.07) is 4.86. The summed E-state index contributed by atoms with van der Waals surface area (Å²) in [4.78, 5) is 22.2. The zero-order valence-electron chi connectivity index (χ0n) is 10.8. The first kappa shape index (κ1) is 14.0. The highest BCUT2D eigenvalue weighted by atomic mass is 16.4. The molecule has 0 unspecified atom stereocenters. The number of amides is 1. The van der Waals surface area contributed by atoms with Crippen LogP contribution in [0.5, 0.6) is 0 Å². The molecule has 0 aliphatic rings. The molecule has 0 saturated carbocycles. The molecule has 3 N–H and O–H groups in total. The van der Waals surface area contributed by atoms with Gasteiger partial charge in [0.15, 0.2) is 0 Å². The van der Waals surface area contributed by atoms with E-state index < -0.39 is 5.97 Å². The zero-order valence-corrected chi connectivity index (χ0v) is 10.8. The number of carboxylic acid groups (broad SMARTS) is 1. The quantitative estimate of drug-likeness (QED) is 0.742. The molecule has 0 bridgehead atoms. The van der Waals surface area contributed by atoms with Crippen molar-refractivity contribution in [1.82, 2.24) is 5.32 Å². The highest BCUT2D eigenvalue weighted by molar-refractivity contribution is 5.88. The van der Waals surface area contributed by atoms with Gasteiger partial charge in [-0.05, 0) is 44.5 Å².